The molecule has 2 amide bonds. The first-order valence-electron chi connectivity index (χ1n) is 8.36. The maximum atomic E-state index is 11.3. The van der Waals surface area contributed by atoms with Gasteiger partial charge < -0.3 is 5.32 Å². The number of carbonyl (C=O) groups is 1. The van der Waals surface area contributed by atoms with Gasteiger partial charge in [0.05, 0.1) is 5.75 Å². The Labute approximate surface area is 140 Å². The lowest BCUT2D eigenvalue weighted by Gasteiger charge is -2.07. The summed E-state index contributed by atoms with van der Waals surface area (Å²) in [7, 11) is -3.59. The van der Waals surface area contributed by atoms with E-state index in [0.717, 1.165) is 12.8 Å². The molecule has 0 aromatic carbocycles. The molecule has 22 heavy (non-hydrogen) atoms. The molecule has 2 N–H and O–H groups in total. The number of carbonyl (C=O) groups excluding carboxylic acids is 1. The van der Waals surface area contributed by atoms with Crippen LogP contribution in [0.2, 0.25) is 0 Å². The zero-order valence-corrected chi connectivity index (χ0v) is 15.3. The van der Waals surface area contributed by atoms with E-state index in [9.17, 15) is 13.2 Å². The first-order chi connectivity index (χ1) is 10.5. The number of hydrogen-bond acceptors (Lipinski definition) is 3. The zero-order chi connectivity index (χ0) is 16.7. The van der Waals surface area contributed by atoms with Crippen LogP contribution in [0, 0.1) is 0 Å². The fraction of sp³-hybridized carbons (Fsp3) is 0.933. The second-order valence-electron chi connectivity index (χ2n) is 5.55. The molecule has 5 nitrogen and oxygen atoms in total. The zero-order valence-electron chi connectivity index (χ0n) is 13.7. The Balaban J connectivity index is 3.37. The van der Waals surface area contributed by atoms with Crippen molar-refractivity contribution in [3.63, 3.8) is 0 Å². The topological polar surface area (TPSA) is 75.3 Å². The van der Waals surface area contributed by atoms with Gasteiger partial charge in [0.25, 0.3) is 0 Å². The summed E-state index contributed by atoms with van der Waals surface area (Å²) >= 11 is 5.34. The van der Waals surface area contributed by atoms with E-state index < -0.39 is 16.1 Å². The number of unbranched alkanes of at least 4 members (excludes halogenated alkanes) is 9. The number of sulfonamides is 1. The van der Waals surface area contributed by atoms with Crippen LogP contribution in [0.1, 0.15) is 71.1 Å². The van der Waals surface area contributed by atoms with Gasteiger partial charge in [0.2, 0.25) is 10.0 Å². The van der Waals surface area contributed by atoms with E-state index in [1.165, 1.54) is 51.4 Å². The van der Waals surface area contributed by atoms with E-state index >= 15 is 0 Å². The molecule has 0 aliphatic rings. The van der Waals surface area contributed by atoms with Gasteiger partial charge in [-0.05, 0) is 6.42 Å². The van der Waals surface area contributed by atoms with E-state index in [1.54, 1.807) is 0 Å². The maximum absolute atomic E-state index is 11.3. The Morgan fingerprint density at radius 2 is 1.41 bits per heavy atom. The van der Waals surface area contributed by atoms with Crippen molar-refractivity contribution < 1.29 is 13.2 Å². The molecule has 0 bridgehead atoms. The largest absolute Gasteiger partial charge is 0.337 e. The van der Waals surface area contributed by atoms with Crippen molar-refractivity contribution >= 4 is 27.7 Å². The Morgan fingerprint density at radius 1 is 0.909 bits per heavy atom. The van der Waals surface area contributed by atoms with Gasteiger partial charge in [-0.2, -0.15) is 0 Å². The van der Waals surface area contributed by atoms with E-state index in [4.69, 9.17) is 11.6 Å². The van der Waals surface area contributed by atoms with Crippen LogP contribution in [-0.4, -0.2) is 32.6 Å². The minimum absolute atomic E-state index is 0.0267. The van der Waals surface area contributed by atoms with E-state index in [-0.39, 0.29) is 11.6 Å². The van der Waals surface area contributed by atoms with Crippen molar-refractivity contribution in [2.45, 2.75) is 71.1 Å². The average Bonchev–Trinajstić information content (AvgIpc) is 2.44. The molecule has 0 aliphatic heterocycles. The number of halogens is 1. The number of nitrogens with one attached hydrogen (secondary N) is 2. The maximum Gasteiger partial charge on any atom is 0.328 e. The van der Waals surface area contributed by atoms with Crippen LogP contribution in [0.25, 0.3) is 0 Å². The SMILES string of the molecule is CCCCCCCCCCCCNC(=O)NS(=O)(=O)CCCl. The van der Waals surface area contributed by atoms with Gasteiger partial charge in [-0.3, -0.25) is 0 Å². The highest BCUT2D eigenvalue weighted by Crippen LogP contribution is 2.10. The van der Waals surface area contributed by atoms with Crippen LogP contribution in [0.4, 0.5) is 4.79 Å². The summed E-state index contributed by atoms with van der Waals surface area (Å²) in [5.74, 6) is -0.276. The molecule has 132 valence electrons. The fourth-order valence-electron chi connectivity index (χ4n) is 2.14. The minimum Gasteiger partial charge on any atom is -0.337 e. The Bertz CT molecular complexity index is 375. The third kappa shape index (κ3) is 14.4. The molecule has 0 saturated heterocycles. The first-order valence-corrected chi connectivity index (χ1v) is 10.5. The van der Waals surface area contributed by atoms with Gasteiger partial charge in [-0.15, -0.1) is 11.6 Å². The van der Waals surface area contributed by atoms with E-state index in [2.05, 4.69) is 12.2 Å². The summed E-state index contributed by atoms with van der Waals surface area (Å²) in [4.78, 5) is 11.3. The molecule has 0 aromatic rings. The minimum atomic E-state index is -3.59. The highest BCUT2D eigenvalue weighted by Gasteiger charge is 2.12. The standard InChI is InChI=1S/C15H31ClN2O3S/c1-2-3-4-5-6-7-8-9-10-11-13-17-15(19)18-22(20,21)14-12-16/h2-14H2,1H3,(H2,17,18,19). The van der Waals surface area contributed by atoms with E-state index in [0.29, 0.717) is 6.54 Å². The summed E-state index contributed by atoms with van der Waals surface area (Å²) in [5, 5.41) is 2.55. The van der Waals surface area contributed by atoms with Crippen molar-refractivity contribution in [1.29, 1.82) is 0 Å². The monoisotopic (exact) mass is 354 g/mol. The van der Waals surface area contributed by atoms with Crippen molar-refractivity contribution in [2.75, 3.05) is 18.2 Å². The third-order valence-corrected chi connectivity index (χ3v) is 5.06. The molecule has 0 spiro atoms. The molecule has 0 aliphatic carbocycles. The van der Waals surface area contributed by atoms with Gasteiger partial charge in [-0.1, -0.05) is 64.7 Å². The molecule has 0 rings (SSSR count). The second-order valence-corrected chi connectivity index (χ2v) is 7.77. The van der Waals surface area contributed by atoms with Crippen molar-refractivity contribution in [3.05, 3.63) is 0 Å². The molecular weight excluding hydrogens is 324 g/mol. The molecule has 0 aromatic heterocycles. The Kier molecular flexibility index (Phi) is 13.8. The van der Waals surface area contributed by atoms with Gasteiger partial charge in [0.15, 0.2) is 0 Å². The predicted octanol–water partition coefficient (Wildman–Crippen LogP) is 3.78. The Hall–Kier alpha value is -0.490. The molecular formula is C15H31ClN2O3S. The van der Waals surface area contributed by atoms with Gasteiger partial charge in [-0.25, -0.2) is 17.9 Å². The number of hydrogen-bond donors (Lipinski definition) is 2. The summed E-state index contributed by atoms with van der Waals surface area (Å²) in [5.41, 5.74) is 0. The van der Waals surface area contributed by atoms with Crippen LogP contribution in [0.15, 0.2) is 0 Å². The molecule has 7 heteroatoms. The first kappa shape index (κ1) is 21.5. The summed E-state index contributed by atoms with van der Waals surface area (Å²) in [6.07, 6.45) is 12.3. The lowest BCUT2D eigenvalue weighted by atomic mass is 10.1. The fourth-order valence-corrected chi connectivity index (χ4v) is 3.41. The lowest BCUT2D eigenvalue weighted by molar-refractivity contribution is 0.245. The molecule has 0 saturated carbocycles. The molecule has 0 unspecified atom stereocenters. The van der Waals surface area contributed by atoms with Gasteiger partial charge in [0.1, 0.15) is 0 Å². The second kappa shape index (κ2) is 14.1. The number of urea groups is 1. The van der Waals surface area contributed by atoms with Gasteiger partial charge in [0, 0.05) is 12.4 Å². The smallest absolute Gasteiger partial charge is 0.328 e. The molecule has 0 atom stereocenters. The summed E-state index contributed by atoms with van der Waals surface area (Å²) < 4.78 is 24.5. The normalized spacial score (nSPS) is 11.4. The van der Waals surface area contributed by atoms with Crippen molar-refractivity contribution in [3.8, 4) is 0 Å². The average molecular weight is 355 g/mol. The summed E-state index contributed by atoms with van der Waals surface area (Å²) in [6, 6.07) is -0.666. The molecule has 0 heterocycles. The van der Waals surface area contributed by atoms with Crippen LogP contribution in [-0.2, 0) is 10.0 Å². The van der Waals surface area contributed by atoms with Crippen LogP contribution >= 0.6 is 11.6 Å². The third-order valence-electron chi connectivity index (χ3n) is 3.41. The molecule has 0 fully saturated rings. The quantitative estimate of drug-likeness (QED) is 0.368. The highest BCUT2D eigenvalue weighted by molar-refractivity contribution is 7.90. The van der Waals surface area contributed by atoms with Crippen molar-refractivity contribution in [1.82, 2.24) is 10.0 Å². The number of alkyl halides is 1. The van der Waals surface area contributed by atoms with Crippen molar-refractivity contribution in [2.24, 2.45) is 0 Å². The predicted molar refractivity (Wildman–Crippen MR) is 92.9 cm³/mol. The highest BCUT2D eigenvalue weighted by atomic mass is 35.5. The van der Waals surface area contributed by atoms with Gasteiger partial charge >= 0.3 is 6.03 Å². The van der Waals surface area contributed by atoms with Crippen LogP contribution in [0.5, 0.6) is 0 Å². The summed E-state index contributed by atoms with van der Waals surface area (Å²) in [6.45, 7) is 2.72. The van der Waals surface area contributed by atoms with E-state index in [1.807, 2.05) is 4.72 Å². The van der Waals surface area contributed by atoms with Crippen LogP contribution in [0.3, 0.4) is 0 Å². The lowest BCUT2D eigenvalue weighted by Crippen LogP contribution is -2.41. The molecule has 0 radical (unpaired) electrons. The number of amides is 2. The van der Waals surface area contributed by atoms with Crippen LogP contribution < -0.4 is 10.0 Å². The number of rotatable bonds is 14. The Morgan fingerprint density at radius 3 is 1.91 bits per heavy atom.